The summed E-state index contributed by atoms with van der Waals surface area (Å²) < 4.78 is 0. The van der Waals surface area contributed by atoms with E-state index in [0.29, 0.717) is 11.7 Å². The number of nitrogens with zero attached hydrogens (tertiary/aromatic N) is 1. The molecule has 0 radical (unpaired) electrons. The number of Topliss-reactive ketones (excluding diaryl/α,β-unsaturated/α-hetero) is 1. The van der Waals surface area contributed by atoms with Crippen LogP contribution in [0.25, 0.3) is 0 Å². The van der Waals surface area contributed by atoms with E-state index in [0.717, 1.165) is 51.7 Å². The van der Waals surface area contributed by atoms with E-state index in [1.807, 2.05) is 0 Å². The van der Waals surface area contributed by atoms with Crippen molar-refractivity contribution in [1.82, 2.24) is 4.90 Å². The Balaban J connectivity index is 1.85. The largest absolute Gasteiger partial charge is 0.392 e. The van der Waals surface area contributed by atoms with Crippen LogP contribution in [-0.2, 0) is 4.79 Å². The SMILES string of the molecule is CC1CCC(=O)C(CN2CCCC(O)C2)C1. The van der Waals surface area contributed by atoms with Crippen LogP contribution in [0.3, 0.4) is 0 Å². The fourth-order valence-electron chi connectivity index (χ4n) is 3.01. The molecular weight excluding hydrogens is 202 g/mol. The number of ketones is 1. The standard InChI is InChI=1S/C13H23NO2/c1-10-4-5-13(16)11(7-10)8-14-6-2-3-12(15)9-14/h10-12,15H,2-9H2,1H3. The number of aliphatic hydroxyl groups excluding tert-OH is 1. The fraction of sp³-hybridized carbons (Fsp3) is 0.923. The van der Waals surface area contributed by atoms with Gasteiger partial charge in [-0.3, -0.25) is 4.79 Å². The van der Waals surface area contributed by atoms with Crippen LogP contribution in [0.2, 0.25) is 0 Å². The Morgan fingerprint density at radius 3 is 3.00 bits per heavy atom. The van der Waals surface area contributed by atoms with Gasteiger partial charge in [0.2, 0.25) is 0 Å². The second-order valence-corrected chi connectivity index (χ2v) is 5.60. The molecule has 1 N–H and O–H groups in total. The van der Waals surface area contributed by atoms with Crippen molar-refractivity contribution in [3.8, 4) is 0 Å². The van der Waals surface area contributed by atoms with E-state index in [9.17, 15) is 9.90 Å². The normalized spacial score (nSPS) is 37.6. The molecule has 2 aliphatic rings. The van der Waals surface area contributed by atoms with Crippen molar-refractivity contribution >= 4 is 5.78 Å². The van der Waals surface area contributed by atoms with E-state index in [-0.39, 0.29) is 12.0 Å². The second-order valence-electron chi connectivity index (χ2n) is 5.60. The highest BCUT2D eigenvalue weighted by Gasteiger charge is 2.29. The summed E-state index contributed by atoms with van der Waals surface area (Å²) >= 11 is 0. The molecule has 92 valence electrons. The molecule has 2 fully saturated rings. The minimum absolute atomic E-state index is 0.176. The third kappa shape index (κ3) is 3.05. The number of piperidine rings is 1. The zero-order chi connectivity index (χ0) is 11.5. The van der Waals surface area contributed by atoms with Gasteiger partial charge in [0.15, 0.2) is 0 Å². The van der Waals surface area contributed by atoms with Gasteiger partial charge in [-0.05, 0) is 38.1 Å². The minimum atomic E-state index is -0.176. The summed E-state index contributed by atoms with van der Waals surface area (Å²) in [6, 6.07) is 0. The lowest BCUT2D eigenvalue weighted by Crippen LogP contribution is -2.43. The van der Waals surface area contributed by atoms with Crippen molar-refractivity contribution in [2.75, 3.05) is 19.6 Å². The third-order valence-electron chi connectivity index (χ3n) is 3.98. The van der Waals surface area contributed by atoms with Crippen LogP contribution in [-0.4, -0.2) is 41.5 Å². The molecule has 1 aliphatic heterocycles. The Labute approximate surface area is 97.8 Å². The first kappa shape index (κ1) is 12.1. The molecule has 1 aliphatic carbocycles. The van der Waals surface area contributed by atoms with Crippen molar-refractivity contribution in [2.45, 2.75) is 45.1 Å². The highest BCUT2D eigenvalue weighted by atomic mass is 16.3. The van der Waals surface area contributed by atoms with Gasteiger partial charge in [-0.2, -0.15) is 0 Å². The van der Waals surface area contributed by atoms with Gasteiger partial charge in [0.1, 0.15) is 5.78 Å². The topological polar surface area (TPSA) is 40.5 Å². The Hall–Kier alpha value is -0.410. The van der Waals surface area contributed by atoms with Gasteiger partial charge in [-0.25, -0.2) is 0 Å². The number of hydrogen-bond acceptors (Lipinski definition) is 3. The summed E-state index contributed by atoms with van der Waals surface area (Å²) in [6.45, 7) is 4.93. The summed E-state index contributed by atoms with van der Waals surface area (Å²) in [4.78, 5) is 14.1. The highest BCUT2D eigenvalue weighted by molar-refractivity contribution is 5.81. The Bertz CT molecular complexity index is 254. The quantitative estimate of drug-likeness (QED) is 0.773. The second kappa shape index (κ2) is 5.28. The van der Waals surface area contributed by atoms with Crippen LogP contribution in [0, 0.1) is 11.8 Å². The Morgan fingerprint density at radius 1 is 1.44 bits per heavy atom. The van der Waals surface area contributed by atoms with Crippen LogP contribution >= 0.6 is 0 Å². The van der Waals surface area contributed by atoms with Crippen molar-refractivity contribution in [2.24, 2.45) is 11.8 Å². The van der Waals surface area contributed by atoms with E-state index in [4.69, 9.17) is 0 Å². The predicted molar refractivity (Wildman–Crippen MR) is 63.2 cm³/mol. The maximum Gasteiger partial charge on any atom is 0.137 e. The maximum atomic E-state index is 11.8. The summed E-state index contributed by atoms with van der Waals surface area (Å²) in [7, 11) is 0. The summed E-state index contributed by atoms with van der Waals surface area (Å²) in [5, 5.41) is 9.60. The zero-order valence-corrected chi connectivity index (χ0v) is 10.2. The highest BCUT2D eigenvalue weighted by Crippen LogP contribution is 2.27. The Morgan fingerprint density at radius 2 is 2.25 bits per heavy atom. The predicted octanol–water partition coefficient (Wildman–Crippen LogP) is 1.45. The van der Waals surface area contributed by atoms with Crippen molar-refractivity contribution in [1.29, 1.82) is 0 Å². The molecule has 1 saturated carbocycles. The molecule has 3 atom stereocenters. The first-order valence-electron chi connectivity index (χ1n) is 6.58. The number of carbonyl (C=O) groups is 1. The molecule has 0 bridgehead atoms. The number of likely N-dealkylation sites (tertiary alicyclic amines) is 1. The summed E-state index contributed by atoms with van der Waals surface area (Å²) in [5.74, 6) is 1.37. The fourth-order valence-corrected chi connectivity index (χ4v) is 3.01. The molecule has 1 heterocycles. The molecule has 3 nitrogen and oxygen atoms in total. The van der Waals surface area contributed by atoms with Crippen LogP contribution in [0.15, 0.2) is 0 Å². The Kier molecular flexibility index (Phi) is 3.98. The first-order chi connectivity index (χ1) is 7.65. The van der Waals surface area contributed by atoms with Crippen molar-refractivity contribution < 1.29 is 9.90 Å². The molecule has 3 unspecified atom stereocenters. The van der Waals surface area contributed by atoms with E-state index < -0.39 is 0 Å². The van der Waals surface area contributed by atoms with Crippen LogP contribution in [0.5, 0.6) is 0 Å². The smallest absolute Gasteiger partial charge is 0.137 e. The number of hydrogen-bond donors (Lipinski definition) is 1. The van der Waals surface area contributed by atoms with Crippen LogP contribution < -0.4 is 0 Å². The molecule has 2 rings (SSSR count). The van der Waals surface area contributed by atoms with E-state index in [2.05, 4.69) is 11.8 Å². The van der Waals surface area contributed by atoms with Gasteiger partial charge in [-0.15, -0.1) is 0 Å². The molecule has 0 aromatic carbocycles. The third-order valence-corrected chi connectivity index (χ3v) is 3.98. The van der Waals surface area contributed by atoms with Gasteiger partial charge in [-0.1, -0.05) is 6.92 Å². The molecule has 0 aromatic rings. The summed E-state index contributed by atoms with van der Waals surface area (Å²) in [5.41, 5.74) is 0. The number of aliphatic hydroxyl groups is 1. The first-order valence-corrected chi connectivity index (χ1v) is 6.58. The number of rotatable bonds is 2. The number of β-amino-alcohol motifs (C(OH)–C–C–N with tert-alkyl or cyclic N) is 1. The lowest BCUT2D eigenvalue weighted by molar-refractivity contribution is -0.126. The monoisotopic (exact) mass is 225 g/mol. The molecule has 0 amide bonds. The van der Waals surface area contributed by atoms with Crippen LogP contribution in [0.4, 0.5) is 0 Å². The molecule has 3 heteroatoms. The van der Waals surface area contributed by atoms with Gasteiger partial charge < -0.3 is 10.0 Å². The lowest BCUT2D eigenvalue weighted by atomic mass is 9.81. The number of carbonyl (C=O) groups excluding carboxylic acids is 1. The van der Waals surface area contributed by atoms with Crippen LogP contribution in [0.1, 0.15) is 39.0 Å². The van der Waals surface area contributed by atoms with Gasteiger partial charge in [0, 0.05) is 25.4 Å². The lowest BCUT2D eigenvalue weighted by Gasteiger charge is -2.34. The average Bonchev–Trinajstić information content (AvgIpc) is 2.24. The van der Waals surface area contributed by atoms with Crippen molar-refractivity contribution in [3.05, 3.63) is 0 Å². The molecule has 0 spiro atoms. The maximum absolute atomic E-state index is 11.8. The van der Waals surface area contributed by atoms with E-state index >= 15 is 0 Å². The molecule has 0 aromatic heterocycles. The van der Waals surface area contributed by atoms with E-state index in [1.165, 1.54) is 0 Å². The summed E-state index contributed by atoms with van der Waals surface area (Å²) in [6.07, 6.45) is 4.69. The van der Waals surface area contributed by atoms with Crippen molar-refractivity contribution in [3.63, 3.8) is 0 Å². The minimum Gasteiger partial charge on any atom is -0.392 e. The average molecular weight is 225 g/mol. The van der Waals surface area contributed by atoms with Gasteiger partial charge in [0.25, 0.3) is 0 Å². The molecule has 16 heavy (non-hydrogen) atoms. The molecule has 1 saturated heterocycles. The molecular formula is C13H23NO2. The zero-order valence-electron chi connectivity index (χ0n) is 10.2. The van der Waals surface area contributed by atoms with Gasteiger partial charge >= 0.3 is 0 Å². The van der Waals surface area contributed by atoms with E-state index in [1.54, 1.807) is 0 Å². The van der Waals surface area contributed by atoms with Gasteiger partial charge in [0.05, 0.1) is 6.10 Å².